The molecule has 5 N–H and O–H groups in total. The van der Waals surface area contributed by atoms with Crippen molar-refractivity contribution >= 4 is 17.8 Å². The van der Waals surface area contributed by atoms with Crippen molar-refractivity contribution in [1.82, 2.24) is 10.6 Å². The molecule has 0 bridgehead atoms. The largest absolute Gasteiger partial charge is 0.466 e. The van der Waals surface area contributed by atoms with E-state index in [1.54, 1.807) is 6.92 Å². The Balaban J connectivity index is 1.75. The van der Waals surface area contributed by atoms with Crippen molar-refractivity contribution in [3.8, 4) is 0 Å². The highest BCUT2D eigenvalue weighted by molar-refractivity contribution is 5.94. The first kappa shape index (κ1) is 22.9. The van der Waals surface area contributed by atoms with Crippen LogP contribution in [0.4, 0.5) is 4.79 Å². The topological polar surface area (TPSA) is 117 Å². The smallest absolute Gasteiger partial charge is 0.315 e. The zero-order valence-electron chi connectivity index (χ0n) is 17.3. The van der Waals surface area contributed by atoms with Crippen LogP contribution in [0.3, 0.4) is 0 Å². The van der Waals surface area contributed by atoms with Crippen LogP contribution in [0, 0.1) is 5.41 Å². The quantitative estimate of drug-likeness (QED) is 0.197. The Morgan fingerprint density at radius 1 is 1.07 bits per heavy atom. The second kappa shape index (κ2) is 12.3. The molecule has 0 radical (unpaired) electrons. The van der Waals surface area contributed by atoms with E-state index in [1.807, 2.05) is 54.6 Å². The number of carbonyl (C=O) groups excluding carboxylic acids is 2. The number of hydrogen-bond acceptors (Lipinski definition) is 4. The third kappa shape index (κ3) is 7.95. The summed E-state index contributed by atoms with van der Waals surface area (Å²) in [5, 5.41) is 13.1. The molecule has 0 fully saturated rings. The summed E-state index contributed by atoms with van der Waals surface area (Å²) in [4.78, 5) is 24.2. The molecule has 2 amide bonds. The van der Waals surface area contributed by atoms with Gasteiger partial charge in [0.05, 0.1) is 19.1 Å². The van der Waals surface area contributed by atoms with Gasteiger partial charge in [0.25, 0.3) is 0 Å². The van der Waals surface area contributed by atoms with Gasteiger partial charge in [-0.25, -0.2) is 4.79 Å². The number of hydrogen-bond donors (Lipinski definition) is 4. The maximum atomic E-state index is 12.3. The minimum atomic E-state index is -0.440. The number of amides is 2. The molecular formula is C23H30N4O3. The highest BCUT2D eigenvalue weighted by Gasteiger charge is 2.18. The average Bonchev–Trinajstić information content (AvgIpc) is 2.74. The summed E-state index contributed by atoms with van der Waals surface area (Å²) in [6, 6.07) is 16.3. The SMILES string of the molecule is CCOC(=O)CC(NC(=O)NCCCCc1ccc(C(=N)N)cc1)c1ccccc1. The summed E-state index contributed by atoms with van der Waals surface area (Å²) in [7, 11) is 0. The molecule has 160 valence electrons. The summed E-state index contributed by atoms with van der Waals surface area (Å²) in [6.45, 7) is 2.61. The Morgan fingerprint density at radius 3 is 2.40 bits per heavy atom. The van der Waals surface area contributed by atoms with E-state index < -0.39 is 6.04 Å². The number of rotatable bonds is 11. The molecule has 0 saturated heterocycles. The number of ether oxygens (including phenoxy) is 1. The minimum Gasteiger partial charge on any atom is -0.466 e. The standard InChI is InChI=1S/C23H30N4O3/c1-2-30-21(28)16-20(18-9-4-3-5-10-18)27-23(29)26-15-7-6-8-17-11-13-19(14-12-17)22(24)25/h3-5,9-14,20H,2,6-8,15-16H2,1H3,(H3,24,25)(H2,26,27,29). The van der Waals surface area contributed by atoms with E-state index in [2.05, 4.69) is 10.6 Å². The Kier molecular flexibility index (Phi) is 9.37. The lowest BCUT2D eigenvalue weighted by Gasteiger charge is -2.19. The lowest BCUT2D eigenvalue weighted by Crippen LogP contribution is -2.39. The zero-order valence-corrected chi connectivity index (χ0v) is 17.3. The van der Waals surface area contributed by atoms with Gasteiger partial charge in [-0.15, -0.1) is 0 Å². The van der Waals surface area contributed by atoms with Gasteiger partial charge in [-0.3, -0.25) is 10.2 Å². The summed E-state index contributed by atoms with van der Waals surface area (Å²) in [6.07, 6.45) is 2.72. The second-order valence-corrected chi connectivity index (χ2v) is 6.94. The molecule has 30 heavy (non-hydrogen) atoms. The van der Waals surface area contributed by atoms with Gasteiger partial charge in [0, 0.05) is 12.1 Å². The molecule has 0 spiro atoms. The molecule has 1 unspecified atom stereocenters. The van der Waals surface area contributed by atoms with Crippen LogP contribution in [0.25, 0.3) is 0 Å². The molecule has 0 saturated carbocycles. The monoisotopic (exact) mass is 410 g/mol. The van der Waals surface area contributed by atoms with Gasteiger partial charge in [0.2, 0.25) is 0 Å². The fourth-order valence-electron chi connectivity index (χ4n) is 3.04. The molecule has 7 heteroatoms. The second-order valence-electron chi connectivity index (χ2n) is 6.94. The summed E-state index contributed by atoms with van der Waals surface area (Å²) in [5.41, 5.74) is 8.20. The number of unbranched alkanes of at least 4 members (excludes halogenated alkanes) is 1. The van der Waals surface area contributed by atoms with Crippen LogP contribution in [0.5, 0.6) is 0 Å². The fourth-order valence-corrected chi connectivity index (χ4v) is 3.04. The maximum Gasteiger partial charge on any atom is 0.315 e. The first-order chi connectivity index (χ1) is 14.5. The Morgan fingerprint density at radius 2 is 1.77 bits per heavy atom. The Labute approximate surface area is 177 Å². The molecule has 1 atom stereocenters. The van der Waals surface area contributed by atoms with Crippen LogP contribution in [-0.4, -0.2) is 31.0 Å². The first-order valence-electron chi connectivity index (χ1n) is 10.2. The molecule has 7 nitrogen and oxygen atoms in total. The van der Waals surface area contributed by atoms with Crippen molar-refractivity contribution in [1.29, 1.82) is 5.41 Å². The van der Waals surface area contributed by atoms with Gasteiger partial charge >= 0.3 is 12.0 Å². The number of benzene rings is 2. The van der Waals surface area contributed by atoms with E-state index in [9.17, 15) is 9.59 Å². The highest BCUT2D eigenvalue weighted by atomic mass is 16.5. The first-order valence-corrected chi connectivity index (χ1v) is 10.2. The number of amidine groups is 1. The van der Waals surface area contributed by atoms with Crippen molar-refractivity contribution in [3.63, 3.8) is 0 Å². The molecule has 2 aromatic carbocycles. The number of aryl methyl sites for hydroxylation is 1. The Hall–Kier alpha value is -3.35. The molecule has 0 aliphatic carbocycles. The maximum absolute atomic E-state index is 12.3. The van der Waals surface area contributed by atoms with Crippen LogP contribution in [0.15, 0.2) is 54.6 Å². The fraction of sp³-hybridized carbons (Fsp3) is 0.348. The molecule has 0 aliphatic heterocycles. The van der Waals surface area contributed by atoms with Crippen LogP contribution < -0.4 is 16.4 Å². The van der Waals surface area contributed by atoms with Crippen LogP contribution in [-0.2, 0) is 16.0 Å². The van der Waals surface area contributed by atoms with Crippen molar-refractivity contribution in [2.75, 3.05) is 13.2 Å². The van der Waals surface area contributed by atoms with Crippen molar-refractivity contribution in [3.05, 3.63) is 71.3 Å². The molecule has 2 aromatic rings. The Bertz CT molecular complexity index is 822. The van der Waals surface area contributed by atoms with Crippen molar-refractivity contribution in [2.24, 2.45) is 5.73 Å². The number of nitrogen functional groups attached to an aromatic ring is 1. The van der Waals surface area contributed by atoms with Gasteiger partial charge < -0.3 is 21.1 Å². The average molecular weight is 411 g/mol. The van der Waals surface area contributed by atoms with E-state index >= 15 is 0 Å². The third-order valence-corrected chi connectivity index (χ3v) is 4.63. The van der Waals surface area contributed by atoms with Gasteiger partial charge in [0.15, 0.2) is 0 Å². The van der Waals surface area contributed by atoms with Gasteiger partial charge in [-0.2, -0.15) is 0 Å². The van der Waals surface area contributed by atoms with Crippen LogP contribution >= 0.6 is 0 Å². The van der Waals surface area contributed by atoms with Crippen molar-refractivity contribution < 1.29 is 14.3 Å². The van der Waals surface area contributed by atoms with E-state index in [0.29, 0.717) is 18.7 Å². The number of urea groups is 1. The summed E-state index contributed by atoms with van der Waals surface area (Å²) >= 11 is 0. The minimum absolute atomic E-state index is 0.0634. The normalized spacial score (nSPS) is 11.4. The lowest BCUT2D eigenvalue weighted by molar-refractivity contribution is -0.143. The number of carbonyl (C=O) groups is 2. The van der Waals surface area contributed by atoms with E-state index in [4.69, 9.17) is 15.9 Å². The van der Waals surface area contributed by atoms with Gasteiger partial charge in [0.1, 0.15) is 5.84 Å². The molecular weight excluding hydrogens is 380 g/mol. The van der Waals surface area contributed by atoms with Gasteiger partial charge in [-0.05, 0) is 37.3 Å². The predicted octanol–water partition coefficient (Wildman–Crippen LogP) is 3.29. The van der Waals surface area contributed by atoms with E-state index in [-0.39, 0.29) is 24.3 Å². The predicted molar refractivity (Wildman–Crippen MR) is 117 cm³/mol. The molecule has 0 aromatic heterocycles. The third-order valence-electron chi connectivity index (χ3n) is 4.63. The van der Waals surface area contributed by atoms with E-state index in [0.717, 1.165) is 24.8 Å². The number of nitrogens with one attached hydrogen (secondary N) is 3. The van der Waals surface area contributed by atoms with E-state index in [1.165, 1.54) is 5.56 Å². The van der Waals surface area contributed by atoms with Crippen LogP contribution in [0.1, 0.15) is 48.9 Å². The number of nitrogens with two attached hydrogens (primary N) is 1. The molecule has 0 heterocycles. The summed E-state index contributed by atoms with van der Waals surface area (Å²) in [5.74, 6) is -0.282. The zero-order chi connectivity index (χ0) is 21.8. The molecule has 0 aliphatic rings. The van der Waals surface area contributed by atoms with Gasteiger partial charge in [-0.1, -0.05) is 54.6 Å². The summed E-state index contributed by atoms with van der Waals surface area (Å²) < 4.78 is 5.02. The number of esters is 1. The van der Waals surface area contributed by atoms with Crippen LogP contribution in [0.2, 0.25) is 0 Å². The highest BCUT2D eigenvalue weighted by Crippen LogP contribution is 2.17. The molecule has 2 rings (SSSR count). The lowest BCUT2D eigenvalue weighted by atomic mass is 10.0. The van der Waals surface area contributed by atoms with Crippen molar-refractivity contribution in [2.45, 2.75) is 38.6 Å².